The van der Waals surface area contributed by atoms with E-state index in [2.05, 4.69) is 98.8 Å². The van der Waals surface area contributed by atoms with Gasteiger partial charge >= 0.3 is 0 Å². The minimum Gasteiger partial charge on any atom is -0.366 e. The summed E-state index contributed by atoms with van der Waals surface area (Å²) in [6.45, 7) is 5.42. The predicted octanol–water partition coefficient (Wildman–Crippen LogP) is 7.50. The maximum absolute atomic E-state index is 6.68. The quantitative estimate of drug-likeness (QED) is 0.334. The summed E-state index contributed by atoms with van der Waals surface area (Å²) < 4.78 is 13.4. The molecule has 0 fully saturated rings. The number of hydrogen-bond donors (Lipinski definition) is 0. The van der Waals surface area contributed by atoms with E-state index in [1.807, 2.05) is 12.1 Å². The predicted molar refractivity (Wildman–Crippen MR) is 129 cm³/mol. The molecule has 2 nitrogen and oxygen atoms in total. The van der Waals surface area contributed by atoms with E-state index in [9.17, 15) is 0 Å². The lowest BCUT2D eigenvalue weighted by Gasteiger charge is -2.31. The van der Waals surface area contributed by atoms with E-state index in [1.165, 1.54) is 33.4 Å². The Bertz CT molecular complexity index is 1100. The van der Waals surface area contributed by atoms with Crippen molar-refractivity contribution < 1.29 is 9.47 Å². The van der Waals surface area contributed by atoms with Gasteiger partial charge in [-0.25, -0.2) is 0 Å². The van der Waals surface area contributed by atoms with Crippen LogP contribution in [0.15, 0.2) is 97.1 Å². The van der Waals surface area contributed by atoms with Crippen LogP contribution in [0.1, 0.15) is 45.6 Å². The molecule has 0 bridgehead atoms. The van der Waals surface area contributed by atoms with Crippen LogP contribution in [0.2, 0.25) is 0 Å². The minimum absolute atomic E-state index is 0.210. The normalized spacial score (nSPS) is 18.4. The molecule has 5 rings (SSSR count). The van der Waals surface area contributed by atoms with Crippen molar-refractivity contribution in [2.75, 3.05) is 0 Å². The van der Waals surface area contributed by atoms with Crippen molar-refractivity contribution in [1.29, 1.82) is 0 Å². The Morgan fingerprint density at radius 2 is 0.906 bits per heavy atom. The molecule has 0 radical (unpaired) electrons. The Labute approximate surface area is 190 Å². The molecular weight excluding hydrogens is 392 g/mol. The van der Waals surface area contributed by atoms with Crippen LogP contribution >= 0.6 is 0 Å². The first-order valence-corrected chi connectivity index (χ1v) is 11.2. The fourth-order valence-corrected chi connectivity index (χ4v) is 4.77. The Kier molecular flexibility index (Phi) is 5.89. The summed E-state index contributed by atoms with van der Waals surface area (Å²) >= 11 is 0. The molecule has 0 aromatic heterocycles. The summed E-state index contributed by atoms with van der Waals surface area (Å²) in [7, 11) is 0. The highest BCUT2D eigenvalue weighted by molar-refractivity contribution is 5.76. The number of benzene rings is 4. The van der Waals surface area contributed by atoms with E-state index < -0.39 is 0 Å². The van der Waals surface area contributed by atoms with Crippen LogP contribution in [0.25, 0.3) is 11.1 Å². The van der Waals surface area contributed by atoms with Gasteiger partial charge in [0.15, 0.2) is 0 Å². The Morgan fingerprint density at radius 1 is 0.500 bits per heavy atom. The molecule has 4 aromatic carbocycles. The summed E-state index contributed by atoms with van der Waals surface area (Å²) in [6, 6.07) is 33.9. The molecule has 1 heterocycles. The van der Waals surface area contributed by atoms with E-state index in [4.69, 9.17) is 9.47 Å². The molecule has 1 aliphatic heterocycles. The van der Waals surface area contributed by atoms with Crippen LogP contribution in [0.4, 0.5) is 0 Å². The zero-order valence-electron chi connectivity index (χ0n) is 18.6. The van der Waals surface area contributed by atoms with Crippen molar-refractivity contribution in [2.45, 2.75) is 39.3 Å². The fraction of sp³-hybridized carbons (Fsp3) is 0.200. The van der Waals surface area contributed by atoms with E-state index in [0.717, 1.165) is 11.1 Å². The van der Waals surface area contributed by atoms with Gasteiger partial charge in [-0.05, 0) is 58.4 Å². The molecule has 2 heteroatoms. The molecule has 0 saturated heterocycles. The minimum atomic E-state index is -0.210. The highest BCUT2D eigenvalue weighted by atomic mass is 16.5. The van der Waals surface area contributed by atoms with Crippen LogP contribution in [-0.2, 0) is 22.7 Å². The van der Waals surface area contributed by atoms with Gasteiger partial charge in [-0.15, -0.1) is 0 Å². The molecule has 0 N–H and O–H groups in total. The van der Waals surface area contributed by atoms with Gasteiger partial charge in [0.1, 0.15) is 12.2 Å². The van der Waals surface area contributed by atoms with Crippen molar-refractivity contribution in [3.63, 3.8) is 0 Å². The van der Waals surface area contributed by atoms with Gasteiger partial charge in [0.2, 0.25) is 0 Å². The second-order valence-corrected chi connectivity index (χ2v) is 8.50. The maximum Gasteiger partial charge on any atom is 0.113 e. The molecule has 32 heavy (non-hydrogen) atoms. The van der Waals surface area contributed by atoms with Gasteiger partial charge in [0, 0.05) is 0 Å². The zero-order valence-corrected chi connectivity index (χ0v) is 18.6. The van der Waals surface area contributed by atoms with Gasteiger partial charge in [0.25, 0.3) is 0 Å². The molecule has 160 valence electrons. The van der Waals surface area contributed by atoms with Gasteiger partial charge < -0.3 is 9.47 Å². The third-order valence-electron chi connectivity index (χ3n) is 6.34. The largest absolute Gasteiger partial charge is 0.366 e. The van der Waals surface area contributed by atoms with Crippen LogP contribution in [0.5, 0.6) is 0 Å². The zero-order chi connectivity index (χ0) is 21.9. The number of fused-ring (bicyclic) bond motifs is 3. The Morgan fingerprint density at radius 3 is 1.31 bits per heavy atom. The van der Waals surface area contributed by atoms with E-state index in [1.54, 1.807) is 0 Å². The third kappa shape index (κ3) is 4.00. The van der Waals surface area contributed by atoms with Gasteiger partial charge in [-0.1, -0.05) is 97.1 Å². The van der Waals surface area contributed by atoms with Crippen LogP contribution < -0.4 is 0 Å². The van der Waals surface area contributed by atoms with E-state index in [0.29, 0.717) is 13.2 Å². The standard InChI is InChI=1S/C30H28O2/c1-21-11-9-17-25-19-31-29(23-13-5-3-6-14-23)30(24-15-7-4-8-16-24)32-20-26-18-10-12-22(2)28(26)27(21)25/h3-18,29-30H,19-20H2,1-2H3/t29-,30-/m0/s1. The van der Waals surface area contributed by atoms with Gasteiger partial charge in [0.05, 0.1) is 13.2 Å². The lowest BCUT2D eigenvalue weighted by Crippen LogP contribution is -2.19. The summed E-state index contributed by atoms with van der Waals surface area (Å²) in [4.78, 5) is 0. The van der Waals surface area contributed by atoms with E-state index >= 15 is 0 Å². The van der Waals surface area contributed by atoms with Crippen molar-refractivity contribution in [2.24, 2.45) is 0 Å². The molecule has 0 unspecified atom stereocenters. The molecule has 2 atom stereocenters. The molecule has 0 amide bonds. The van der Waals surface area contributed by atoms with Crippen molar-refractivity contribution in [3.8, 4) is 11.1 Å². The summed E-state index contributed by atoms with van der Waals surface area (Å²) in [5, 5.41) is 0. The van der Waals surface area contributed by atoms with Gasteiger partial charge in [-0.3, -0.25) is 0 Å². The Balaban J connectivity index is 1.67. The van der Waals surface area contributed by atoms with Crippen molar-refractivity contribution in [3.05, 3.63) is 130 Å². The number of rotatable bonds is 2. The van der Waals surface area contributed by atoms with Crippen LogP contribution in [-0.4, -0.2) is 0 Å². The molecule has 1 aliphatic rings. The van der Waals surface area contributed by atoms with Gasteiger partial charge in [-0.2, -0.15) is 0 Å². The first-order chi connectivity index (χ1) is 15.7. The average molecular weight is 421 g/mol. The molecular formula is C30H28O2. The fourth-order valence-electron chi connectivity index (χ4n) is 4.77. The molecule has 0 aliphatic carbocycles. The lowest BCUT2D eigenvalue weighted by atomic mass is 9.88. The number of hydrogen-bond acceptors (Lipinski definition) is 2. The van der Waals surface area contributed by atoms with Crippen molar-refractivity contribution in [1.82, 2.24) is 0 Å². The average Bonchev–Trinajstić information content (AvgIpc) is 2.83. The monoisotopic (exact) mass is 420 g/mol. The lowest BCUT2D eigenvalue weighted by molar-refractivity contribution is -0.0912. The van der Waals surface area contributed by atoms with Crippen molar-refractivity contribution >= 4 is 0 Å². The number of aryl methyl sites for hydroxylation is 2. The summed E-state index contributed by atoms with van der Waals surface area (Å²) in [5.41, 5.74) is 9.76. The second kappa shape index (κ2) is 9.12. The first kappa shape index (κ1) is 20.7. The SMILES string of the molecule is Cc1cccc2c1-c1c(C)cccc1CO[C@@H](c1ccccc1)[C@H](c1ccccc1)OC2. The molecule has 4 aromatic rings. The topological polar surface area (TPSA) is 18.5 Å². The highest BCUT2D eigenvalue weighted by Crippen LogP contribution is 2.41. The van der Waals surface area contributed by atoms with Crippen LogP contribution in [0, 0.1) is 13.8 Å². The number of ether oxygens (including phenoxy) is 2. The van der Waals surface area contributed by atoms with Crippen LogP contribution in [0.3, 0.4) is 0 Å². The Hall–Kier alpha value is -3.20. The molecule has 0 saturated carbocycles. The maximum atomic E-state index is 6.68. The smallest absolute Gasteiger partial charge is 0.113 e. The summed E-state index contributed by atoms with van der Waals surface area (Å²) in [5.74, 6) is 0. The first-order valence-electron chi connectivity index (χ1n) is 11.2. The highest BCUT2D eigenvalue weighted by Gasteiger charge is 2.29. The third-order valence-corrected chi connectivity index (χ3v) is 6.34. The second-order valence-electron chi connectivity index (χ2n) is 8.50. The summed E-state index contributed by atoms with van der Waals surface area (Å²) in [6.07, 6.45) is -0.420. The van der Waals surface area contributed by atoms with E-state index in [-0.39, 0.29) is 12.2 Å². The molecule has 0 spiro atoms.